The van der Waals surface area contributed by atoms with Crippen LogP contribution in [0.15, 0.2) is 41.0 Å². The molecule has 2 N–H and O–H groups in total. The molecule has 0 atom stereocenters. The van der Waals surface area contributed by atoms with Gasteiger partial charge in [-0.3, -0.25) is 5.10 Å². The van der Waals surface area contributed by atoms with Crippen LogP contribution < -0.4 is 5.32 Å². The van der Waals surface area contributed by atoms with E-state index in [2.05, 4.69) is 37.5 Å². The predicted molar refractivity (Wildman–Crippen MR) is 60.1 cm³/mol. The van der Waals surface area contributed by atoms with Crippen molar-refractivity contribution in [2.45, 2.75) is 6.54 Å². The Morgan fingerprint density at radius 2 is 2.14 bits per heavy atom. The highest BCUT2D eigenvalue weighted by Crippen LogP contribution is 2.16. The maximum Gasteiger partial charge on any atom is 0.121 e. The van der Waals surface area contributed by atoms with E-state index >= 15 is 0 Å². The van der Waals surface area contributed by atoms with Gasteiger partial charge in [-0.1, -0.05) is 34.1 Å². The minimum atomic E-state index is 0.781. The van der Waals surface area contributed by atoms with Gasteiger partial charge in [0, 0.05) is 11.0 Å². The van der Waals surface area contributed by atoms with Gasteiger partial charge in [0.25, 0.3) is 0 Å². The standard InChI is InChI=1S/C10H10BrN3/c11-9-4-2-1-3-8(9)7-12-10-5-6-13-14-10/h1-6H,7H2,(H2,12,13,14). The molecular weight excluding hydrogens is 242 g/mol. The van der Waals surface area contributed by atoms with E-state index in [0.717, 1.165) is 16.8 Å². The molecule has 1 aromatic carbocycles. The summed E-state index contributed by atoms with van der Waals surface area (Å²) in [5.74, 6) is 0.931. The molecule has 14 heavy (non-hydrogen) atoms. The first kappa shape index (κ1) is 9.27. The quantitative estimate of drug-likeness (QED) is 0.881. The van der Waals surface area contributed by atoms with E-state index in [9.17, 15) is 0 Å². The summed E-state index contributed by atoms with van der Waals surface area (Å²) in [4.78, 5) is 0. The number of rotatable bonds is 3. The molecule has 1 aromatic heterocycles. The highest BCUT2D eigenvalue weighted by Gasteiger charge is 1.98. The summed E-state index contributed by atoms with van der Waals surface area (Å²) in [5, 5.41) is 9.94. The number of benzene rings is 1. The van der Waals surface area contributed by atoms with Gasteiger partial charge in [0.05, 0.1) is 6.20 Å². The molecule has 2 rings (SSSR count). The number of nitrogens with zero attached hydrogens (tertiary/aromatic N) is 1. The molecule has 4 heteroatoms. The van der Waals surface area contributed by atoms with Gasteiger partial charge in [-0.05, 0) is 17.7 Å². The number of halogens is 1. The van der Waals surface area contributed by atoms with Gasteiger partial charge in [-0.25, -0.2) is 0 Å². The van der Waals surface area contributed by atoms with Crippen molar-refractivity contribution in [1.82, 2.24) is 10.2 Å². The Hall–Kier alpha value is -1.29. The smallest absolute Gasteiger partial charge is 0.121 e. The van der Waals surface area contributed by atoms with Gasteiger partial charge in [-0.15, -0.1) is 0 Å². The van der Waals surface area contributed by atoms with E-state index in [0.29, 0.717) is 0 Å². The van der Waals surface area contributed by atoms with Crippen molar-refractivity contribution >= 4 is 21.7 Å². The first-order chi connectivity index (χ1) is 6.86. The van der Waals surface area contributed by atoms with E-state index < -0.39 is 0 Å². The molecule has 0 saturated carbocycles. The Labute approximate surface area is 90.7 Å². The largest absolute Gasteiger partial charge is 0.366 e. The van der Waals surface area contributed by atoms with E-state index in [1.165, 1.54) is 5.56 Å². The monoisotopic (exact) mass is 251 g/mol. The first-order valence-electron chi connectivity index (χ1n) is 4.33. The van der Waals surface area contributed by atoms with Crippen LogP contribution in [0.1, 0.15) is 5.56 Å². The zero-order chi connectivity index (χ0) is 9.80. The molecule has 3 nitrogen and oxygen atoms in total. The average Bonchev–Trinajstić information content (AvgIpc) is 2.69. The topological polar surface area (TPSA) is 40.7 Å². The molecule has 2 aromatic rings. The lowest BCUT2D eigenvalue weighted by Gasteiger charge is -2.05. The van der Waals surface area contributed by atoms with Crippen molar-refractivity contribution in [3.8, 4) is 0 Å². The van der Waals surface area contributed by atoms with Crippen LogP contribution in [-0.2, 0) is 6.54 Å². The van der Waals surface area contributed by atoms with E-state index in [-0.39, 0.29) is 0 Å². The first-order valence-corrected chi connectivity index (χ1v) is 5.12. The van der Waals surface area contributed by atoms with Crippen molar-refractivity contribution in [3.63, 3.8) is 0 Å². The SMILES string of the molecule is Brc1ccccc1CNc1ccn[nH]1. The van der Waals surface area contributed by atoms with Gasteiger partial charge >= 0.3 is 0 Å². The number of anilines is 1. The fourth-order valence-electron chi connectivity index (χ4n) is 1.19. The number of aromatic nitrogens is 2. The molecular formula is C10H10BrN3. The van der Waals surface area contributed by atoms with Crippen molar-refractivity contribution in [2.24, 2.45) is 0 Å². The number of hydrogen-bond acceptors (Lipinski definition) is 2. The number of aromatic amines is 1. The lowest BCUT2D eigenvalue weighted by Crippen LogP contribution is -2.00. The molecule has 0 spiro atoms. The summed E-state index contributed by atoms with van der Waals surface area (Å²) < 4.78 is 1.12. The van der Waals surface area contributed by atoms with Crippen LogP contribution in [0.5, 0.6) is 0 Å². The van der Waals surface area contributed by atoms with Crippen LogP contribution in [0.4, 0.5) is 5.82 Å². The van der Waals surface area contributed by atoms with Gasteiger partial charge in [0.15, 0.2) is 0 Å². The second-order valence-corrected chi connectivity index (χ2v) is 3.77. The van der Waals surface area contributed by atoms with Crippen molar-refractivity contribution in [2.75, 3.05) is 5.32 Å². The Kier molecular flexibility index (Phi) is 2.84. The molecule has 0 saturated heterocycles. The highest BCUT2D eigenvalue weighted by molar-refractivity contribution is 9.10. The van der Waals surface area contributed by atoms with E-state index in [1.807, 2.05) is 24.3 Å². The molecule has 0 bridgehead atoms. The third-order valence-electron chi connectivity index (χ3n) is 1.93. The second kappa shape index (κ2) is 4.28. The maximum atomic E-state index is 3.86. The van der Waals surface area contributed by atoms with Crippen LogP contribution in [0.25, 0.3) is 0 Å². The molecule has 0 aliphatic carbocycles. The molecule has 0 amide bonds. The molecule has 72 valence electrons. The zero-order valence-corrected chi connectivity index (χ0v) is 9.08. The van der Waals surface area contributed by atoms with Crippen LogP contribution >= 0.6 is 15.9 Å². The molecule has 0 aliphatic heterocycles. The molecule has 0 fully saturated rings. The molecule has 1 heterocycles. The van der Waals surface area contributed by atoms with Gasteiger partial charge in [-0.2, -0.15) is 5.10 Å². The minimum Gasteiger partial charge on any atom is -0.366 e. The Morgan fingerprint density at radius 3 is 2.86 bits per heavy atom. The van der Waals surface area contributed by atoms with Crippen molar-refractivity contribution in [3.05, 3.63) is 46.6 Å². The number of H-pyrrole nitrogens is 1. The maximum absolute atomic E-state index is 3.86. The van der Waals surface area contributed by atoms with Gasteiger partial charge < -0.3 is 5.32 Å². The summed E-state index contributed by atoms with van der Waals surface area (Å²) in [6, 6.07) is 10.0. The van der Waals surface area contributed by atoms with Crippen LogP contribution in [0, 0.1) is 0 Å². The molecule has 0 aliphatic rings. The zero-order valence-electron chi connectivity index (χ0n) is 7.50. The van der Waals surface area contributed by atoms with Crippen LogP contribution in [0.2, 0.25) is 0 Å². The second-order valence-electron chi connectivity index (χ2n) is 2.92. The third kappa shape index (κ3) is 2.14. The average molecular weight is 252 g/mol. The Morgan fingerprint density at radius 1 is 1.29 bits per heavy atom. The molecule has 0 unspecified atom stereocenters. The Balaban J connectivity index is 2.02. The van der Waals surface area contributed by atoms with Crippen LogP contribution in [-0.4, -0.2) is 10.2 Å². The fourth-order valence-corrected chi connectivity index (χ4v) is 1.61. The predicted octanol–water partition coefficient (Wildman–Crippen LogP) is 2.78. The number of hydrogen-bond donors (Lipinski definition) is 2. The Bertz CT molecular complexity index is 398. The lowest BCUT2D eigenvalue weighted by molar-refractivity contribution is 1.05. The minimum absolute atomic E-state index is 0.781. The van der Waals surface area contributed by atoms with Gasteiger partial charge in [0.2, 0.25) is 0 Å². The number of nitrogens with one attached hydrogen (secondary N) is 2. The van der Waals surface area contributed by atoms with E-state index in [1.54, 1.807) is 6.20 Å². The summed E-state index contributed by atoms with van der Waals surface area (Å²) in [5.41, 5.74) is 1.22. The fraction of sp³-hybridized carbons (Fsp3) is 0.100. The molecule has 0 radical (unpaired) electrons. The van der Waals surface area contributed by atoms with E-state index in [4.69, 9.17) is 0 Å². The summed E-state index contributed by atoms with van der Waals surface area (Å²) >= 11 is 3.49. The van der Waals surface area contributed by atoms with Gasteiger partial charge in [0.1, 0.15) is 5.82 Å². The lowest BCUT2D eigenvalue weighted by atomic mass is 10.2. The summed E-state index contributed by atoms with van der Waals surface area (Å²) in [6.45, 7) is 0.781. The third-order valence-corrected chi connectivity index (χ3v) is 2.70. The van der Waals surface area contributed by atoms with Crippen LogP contribution in [0.3, 0.4) is 0 Å². The van der Waals surface area contributed by atoms with Crippen molar-refractivity contribution in [1.29, 1.82) is 0 Å². The van der Waals surface area contributed by atoms with Crippen molar-refractivity contribution < 1.29 is 0 Å². The summed E-state index contributed by atoms with van der Waals surface area (Å²) in [6.07, 6.45) is 1.72. The normalized spacial score (nSPS) is 10.1. The highest BCUT2D eigenvalue weighted by atomic mass is 79.9. The summed E-state index contributed by atoms with van der Waals surface area (Å²) in [7, 11) is 0.